The van der Waals surface area contributed by atoms with Crippen molar-refractivity contribution in [2.75, 3.05) is 26.0 Å². The monoisotopic (exact) mass is 437 g/mol. The van der Waals surface area contributed by atoms with Gasteiger partial charge in [0.2, 0.25) is 0 Å². The topological polar surface area (TPSA) is 70.5 Å². The van der Waals surface area contributed by atoms with Crippen LogP contribution in [0.15, 0.2) is 6.07 Å². The Morgan fingerprint density at radius 3 is 2.41 bits per heavy atom. The number of aromatic nitrogens is 2. The number of alkyl halides is 3. The molecular weight excluding hydrogens is 407 g/mol. The van der Waals surface area contributed by atoms with Crippen LogP contribution in [0.25, 0.3) is 0 Å². The van der Waals surface area contributed by atoms with E-state index in [1.54, 1.807) is 6.07 Å². The quantitative estimate of drug-likeness (QED) is 0.785. The lowest BCUT2D eigenvalue weighted by Crippen LogP contribution is -2.45. The maximum absolute atomic E-state index is 13.8. The summed E-state index contributed by atoms with van der Waals surface area (Å²) in [6.07, 6.45) is -2.51. The van der Waals surface area contributed by atoms with Gasteiger partial charge in [-0.2, -0.15) is 35.3 Å². The van der Waals surface area contributed by atoms with E-state index >= 15 is 0 Å². The van der Waals surface area contributed by atoms with Crippen molar-refractivity contribution in [2.45, 2.75) is 70.8 Å². The van der Waals surface area contributed by atoms with Crippen LogP contribution in [0.4, 0.5) is 19.0 Å². The third-order valence-electron chi connectivity index (χ3n) is 5.81. The maximum Gasteiger partial charge on any atom is 0.410 e. The molecule has 1 saturated heterocycles. The van der Waals surface area contributed by atoms with Crippen LogP contribution >= 0.6 is 0 Å². The van der Waals surface area contributed by atoms with Gasteiger partial charge in [0, 0.05) is 32.7 Å². The first-order valence-corrected chi connectivity index (χ1v) is 11.2. The third kappa shape index (κ3) is 4.27. The minimum atomic E-state index is -4.44. The van der Waals surface area contributed by atoms with Gasteiger partial charge in [0.05, 0.1) is 11.7 Å². The Morgan fingerprint density at radius 2 is 1.86 bits per heavy atom. The third-order valence-corrected chi connectivity index (χ3v) is 7.76. The van der Waals surface area contributed by atoms with Crippen molar-refractivity contribution in [1.82, 2.24) is 18.4 Å². The van der Waals surface area contributed by atoms with Gasteiger partial charge in [-0.15, -0.1) is 0 Å². The molecule has 0 aromatic carbocycles. The van der Waals surface area contributed by atoms with E-state index in [4.69, 9.17) is 0 Å². The summed E-state index contributed by atoms with van der Waals surface area (Å²) in [7, 11) is -0.794. The molecule has 0 aliphatic carbocycles. The molecule has 1 aromatic rings. The predicted octanol–water partition coefficient (Wildman–Crippen LogP) is 3.55. The molecule has 0 bridgehead atoms. The van der Waals surface area contributed by atoms with Gasteiger partial charge >= 0.3 is 6.18 Å². The molecular formula is C18H30F3N5O2S. The molecule has 3 rings (SSSR count). The summed E-state index contributed by atoms with van der Waals surface area (Å²) in [6.45, 7) is 6.03. The van der Waals surface area contributed by atoms with Crippen LogP contribution in [0.1, 0.15) is 64.2 Å². The first-order chi connectivity index (χ1) is 13.2. The number of fused-ring (bicyclic) bond motifs is 1. The largest absolute Gasteiger partial charge is 0.410 e. The van der Waals surface area contributed by atoms with E-state index < -0.39 is 28.5 Å². The molecule has 7 nitrogen and oxygen atoms in total. The summed E-state index contributed by atoms with van der Waals surface area (Å²) in [6, 6.07) is -1.10. The highest BCUT2D eigenvalue weighted by atomic mass is 32.2. The number of piperidine rings is 1. The summed E-state index contributed by atoms with van der Waals surface area (Å²) >= 11 is 0. The van der Waals surface area contributed by atoms with Gasteiger partial charge in [-0.05, 0) is 24.7 Å². The van der Waals surface area contributed by atoms with Gasteiger partial charge in [0.1, 0.15) is 5.82 Å². The molecule has 166 valence electrons. The zero-order valence-corrected chi connectivity index (χ0v) is 18.3. The minimum Gasteiger partial charge on any atom is -0.367 e. The number of anilines is 1. The summed E-state index contributed by atoms with van der Waals surface area (Å²) in [5.74, 6) is 0.293. The van der Waals surface area contributed by atoms with Crippen molar-refractivity contribution in [2.24, 2.45) is 5.41 Å². The molecule has 0 unspecified atom stereocenters. The molecule has 0 spiro atoms. The van der Waals surface area contributed by atoms with Crippen molar-refractivity contribution in [3.05, 3.63) is 11.8 Å². The highest BCUT2D eigenvalue weighted by Crippen LogP contribution is 2.44. The number of halogens is 3. The van der Waals surface area contributed by atoms with Crippen molar-refractivity contribution in [1.29, 1.82) is 0 Å². The number of nitrogens with zero attached hydrogens (tertiary/aromatic N) is 4. The van der Waals surface area contributed by atoms with Gasteiger partial charge in [-0.25, -0.2) is 4.68 Å². The van der Waals surface area contributed by atoms with Crippen molar-refractivity contribution in [3.63, 3.8) is 0 Å². The van der Waals surface area contributed by atoms with E-state index in [1.807, 2.05) is 20.8 Å². The zero-order valence-electron chi connectivity index (χ0n) is 17.5. The van der Waals surface area contributed by atoms with Crippen LogP contribution in [-0.4, -0.2) is 59.7 Å². The summed E-state index contributed by atoms with van der Waals surface area (Å²) in [5, 5.41) is 7.47. The van der Waals surface area contributed by atoms with Gasteiger partial charge in [0.25, 0.3) is 10.2 Å². The smallest absolute Gasteiger partial charge is 0.367 e. The molecule has 0 amide bonds. The first kappa shape index (κ1) is 22.4. The predicted molar refractivity (Wildman–Crippen MR) is 105 cm³/mol. The van der Waals surface area contributed by atoms with E-state index in [9.17, 15) is 21.6 Å². The van der Waals surface area contributed by atoms with Gasteiger partial charge in [-0.1, -0.05) is 27.2 Å². The Kier molecular flexibility index (Phi) is 5.72. The van der Waals surface area contributed by atoms with Crippen LogP contribution in [-0.2, 0) is 10.2 Å². The summed E-state index contributed by atoms with van der Waals surface area (Å²) < 4.78 is 70.4. The second-order valence-electron chi connectivity index (χ2n) is 9.17. The molecule has 3 atom stereocenters. The minimum absolute atomic E-state index is 0.120. The zero-order chi connectivity index (χ0) is 21.8. The number of hydrogen-bond donors (Lipinski definition) is 1. The van der Waals surface area contributed by atoms with Crippen LogP contribution < -0.4 is 5.32 Å². The molecule has 11 heteroatoms. The molecule has 0 saturated carbocycles. The van der Waals surface area contributed by atoms with Gasteiger partial charge < -0.3 is 5.32 Å². The lowest BCUT2D eigenvalue weighted by Gasteiger charge is -2.39. The highest BCUT2D eigenvalue weighted by Gasteiger charge is 2.49. The van der Waals surface area contributed by atoms with E-state index in [1.165, 1.54) is 18.4 Å². The second-order valence-corrected chi connectivity index (χ2v) is 11.3. The Labute approximate surface area is 170 Å². The molecule has 2 aliphatic rings. The average Bonchev–Trinajstić information content (AvgIpc) is 3.03. The number of nitrogens with one attached hydrogen (secondary N) is 1. The molecule has 2 aliphatic heterocycles. The molecule has 0 radical (unpaired) electrons. The normalized spacial score (nSPS) is 27.0. The second kappa shape index (κ2) is 7.42. The SMILES string of the molecule is CN(C)S(=O)(=O)N1CCCC[C@H]1c1cc2n(n1)[C@@H](C(F)(F)F)C[C@@H](C(C)(C)C)N2. The lowest BCUT2D eigenvalue weighted by molar-refractivity contribution is -0.175. The van der Waals surface area contributed by atoms with E-state index in [0.717, 1.165) is 15.4 Å². The molecule has 1 N–H and O–H groups in total. The fourth-order valence-corrected chi connectivity index (χ4v) is 5.33. The van der Waals surface area contributed by atoms with E-state index in [-0.39, 0.29) is 17.9 Å². The maximum atomic E-state index is 13.8. The van der Waals surface area contributed by atoms with E-state index in [2.05, 4.69) is 10.4 Å². The van der Waals surface area contributed by atoms with Crippen molar-refractivity contribution >= 4 is 16.0 Å². The summed E-state index contributed by atoms with van der Waals surface area (Å²) in [4.78, 5) is 0. The lowest BCUT2D eigenvalue weighted by atomic mass is 9.82. The van der Waals surface area contributed by atoms with Crippen LogP contribution in [0.3, 0.4) is 0 Å². The molecule has 1 aromatic heterocycles. The molecule has 3 heterocycles. The summed E-state index contributed by atoms with van der Waals surface area (Å²) in [5.41, 5.74) is -0.00828. The molecule has 29 heavy (non-hydrogen) atoms. The van der Waals surface area contributed by atoms with Crippen LogP contribution in [0, 0.1) is 5.41 Å². The fraction of sp³-hybridized carbons (Fsp3) is 0.833. The Morgan fingerprint density at radius 1 is 1.21 bits per heavy atom. The Hall–Kier alpha value is -1.33. The van der Waals surface area contributed by atoms with Gasteiger partial charge in [-0.3, -0.25) is 0 Å². The van der Waals surface area contributed by atoms with Crippen molar-refractivity contribution in [3.8, 4) is 0 Å². The number of hydrogen-bond acceptors (Lipinski definition) is 4. The fourth-order valence-electron chi connectivity index (χ4n) is 4.01. The van der Waals surface area contributed by atoms with Crippen LogP contribution in [0.2, 0.25) is 0 Å². The first-order valence-electron chi connectivity index (χ1n) is 9.85. The average molecular weight is 438 g/mol. The Balaban J connectivity index is 2.02. The van der Waals surface area contributed by atoms with Gasteiger partial charge in [0.15, 0.2) is 6.04 Å². The van der Waals surface area contributed by atoms with Crippen LogP contribution in [0.5, 0.6) is 0 Å². The highest BCUT2D eigenvalue weighted by molar-refractivity contribution is 7.86. The Bertz CT molecular complexity index is 845. The number of rotatable bonds is 3. The molecule has 1 fully saturated rings. The van der Waals surface area contributed by atoms with Crippen molar-refractivity contribution < 1.29 is 21.6 Å². The standard InChI is InChI=1S/C18H30F3N5O2S/c1-17(2,3)14-11-15(18(19,20)21)26-16(22-14)10-12(23-26)13-8-6-7-9-25(13)29(27,28)24(4)5/h10,13-15,22H,6-9,11H2,1-5H3/t13-,14-,15+/m0/s1. The van der Waals surface area contributed by atoms with E-state index in [0.29, 0.717) is 30.9 Å².